The van der Waals surface area contributed by atoms with Crippen LogP contribution in [0, 0.1) is 0 Å². The minimum Gasteiger partial charge on any atom is -0.342 e. The molecule has 2 N–H and O–H groups in total. The van der Waals surface area contributed by atoms with E-state index >= 15 is 0 Å². The van der Waals surface area contributed by atoms with Crippen LogP contribution < -0.4 is 0 Å². The maximum atomic E-state index is 4.77. The van der Waals surface area contributed by atoms with E-state index in [1.165, 1.54) is 5.56 Å². The van der Waals surface area contributed by atoms with Crippen molar-refractivity contribution >= 4 is 22.1 Å². The van der Waals surface area contributed by atoms with E-state index in [9.17, 15) is 0 Å². The molecule has 0 aliphatic carbocycles. The zero-order valence-corrected chi connectivity index (χ0v) is 15.4. The molecule has 0 fully saturated rings. The molecule has 0 saturated carbocycles. The zero-order chi connectivity index (χ0) is 17.8. The van der Waals surface area contributed by atoms with Crippen molar-refractivity contribution in [2.75, 3.05) is 0 Å². The maximum Gasteiger partial charge on any atom is 0.138 e. The largest absolute Gasteiger partial charge is 0.342 e. The summed E-state index contributed by atoms with van der Waals surface area (Å²) in [6.45, 7) is 11.0. The van der Waals surface area contributed by atoms with Gasteiger partial charge in [0.05, 0.1) is 22.1 Å². The highest BCUT2D eigenvalue weighted by atomic mass is 15.0. The number of nitrogens with zero attached hydrogens (tertiary/aromatic N) is 2. The maximum absolute atomic E-state index is 4.77. The topological polar surface area (TPSA) is 57.4 Å². The summed E-state index contributed by atoms with van der Waals surface area (Å²) in [7, 11) is 0. The molecule has 0 aliphatic heterocycles. The number of aromatic nitrogens is 4. The third-order valence-electron chi connectivity index (χ3n) is 4.67. The van der Waals surface area contributed by atoms with Crippen molar-refractivity contribution in [2.45, 2.75) is 46.0 Å². The molecule has 2 aromatic heterocycles. The van der Waals surface area contributed by atoms with Crippen molar-refractivity contribution in [1.29, 1.82) is 0 Å². The van der Waals surface area contributed by atoms with Gasteiger partial charge in [-0.2, -0.15) is 0 Å². The standard InChI is InChI=1S/C21H24N4/c1-12(2)19-22-15-10-17-18(11-16(15)23-19)25-20(24-17)13-6-8-14(9-7-13)21(3,4)5/h6-12H,1-5H3,(H,22,23)(H,24,25). The fraction of sp³-hybridized carbons (Fsp3) is 0.333. The molecule has 0 aliphatic rings. The minimum atomic E-state index is 0.158. The summed E-state index contributed by atoms with van der Waals surface area (Å²) < 4.78 is 0. The van der Waals surface area contributed by atoms with Gasteiger partial charge in [-0.15, -0.1) is 0 Å². The Hall–Kier alpha value is -2.62. The molecule has 0 saturated heterocycles. The van der Waals surface area contributed by atoms with Crippen LogP contribution >= 0.6 is 0 Å². The van der Waals surface area contributed by atoms with Crippen LogP contribution in [0.15, 0.2) is 36.4 Å². The van der Waals surface area contributed by atoms with E-state index in [2.05, 4.69) is 86.0 Å². The van der Waals surface area contributed by atoms with Crippen LogP contribution in [-0.2, 0) is 5.41 Å². The number of nitrogens with one attached hydrogen (secondary N) is 2. The van der Waals surface area contributed by atoms with E-state index in [1.807, 2.05) is 0 Å². The number of hydrogen-bond donors (Lipinski definition) is 2. The highest BCUT2D eigenvalue weighted by molar-refractivity contribution is 5.92. The lowest BCUT2D eigenvalue weighted by molar-refractivity contribution is 0.590. The Balaban J connectivity index is 1.76. The van der Waals surface area contributed by atoms with Gasteiger partial charge in [-0.05, 0) is 23.1 Å². The monoisotopic (exact) mass is 332 g/mol. The smallest absolute Gasteiger partial charge is 0.138 e. The number of H-pyrrole nitrogens is 2. The molecule has 25 heavy (non-hydrogen) atoms. The first kappa shape index (κ1) is 15.9. The average Bonchev–Trinajstić information content (AvgIpc) is 3.14. The van der Waals surface area contributed by atoms with E-state index in [-0.39, 0.29) is 5.41 Å². The van der Waals surface area contributed by atoms with Crippen molar-refractivity contribution in [3.05, 3.63) is 47.8 Å². The summed E-state index contributed by atoms with van der Waals surface area (Å²) in [5, 5.41) is 0. The molecule has 2 heterocycles. The molecule has 2 aromatic carbocycles. The zero-order valence-electron chi connectivity index (χ0n) is 15.4. The second-order valence-electron chi connectivity index (χ2n) is 8.08. The first-order valence-electron chi connectivity index (χ1n) is 8.81. The van der Waals surface area contributed by atoms with Gasteiger partial charge >= 0.3 is 0 Å². The molecule has 0 bridgehead atoms. The van der Waals surface area contributed by atoms with E-state index in [4.69, 9.17) is 4.98 Å². The lowest BCUT2D eigenvalue weighted by Crippen LogP contribution is -2.10. The first-order chi connectivity index (χ1) is 11.8. The van der Waals surface area contributed by atoms with E-state index in [0.717, 1.165) is 39.3 Å². The predicted molar refractivity (Wildman–Crippen MR) is 104 cm³/mol. The third-order valence-corrected chi connectivity index (χ3v) is 4.67. The highest BCUT2D eigenvalue weighted by Gasteiger charge is 2.14. The molecule has 128 valence electrons. The number of benzene rings is 2. The Labute approximate surface area is 147 Å². The Morgan fingerprint density at radius 3 is 2.12 bits per heavy atom. The molecule has 4 nitrogen and oxygen atoms in total. The lowest BCUT2D eigenvalue weighted by Gasteiger charge is -2.18. The molecule has 0 spiro atoms. The highest BCUT2D eigenvalue weighted by Crippen LogP contribution is 2.28. The molecule has 4 heteroatoms. The molecule has 0 unspecified atom stereocenters. The third kappa shape index (κ3) is 2.82. The summed E-state index contributed by atoms with van der Waals surface area (Å²) in [6, 6.07) is 12.8. The number of imidazole rings is 2. The number of hydrogen-bond acceptors (Lipinski definition) is 2. The van der Waals surface area contributed by atoms with Gasteiger partial charge in [-0.25, -0.2) is 9.97 Å². The first-order valence-corrected chi connectivity index (χ1v) is 8.81. The van der Waals surface area contributed by atoms with Crippen molar-refractivity contribution in [1.82, 2.24) is 19.9 Å². The summed E-state index contributed by atoms with van der Waals surface area (Å²) in [6.07, 6.45) is 0. The van der Waals surface area contributed by atoms with E-state index < -0.39 is 0 Å². The molecular formula is C21H24N4. The summed E-state index contributed by atoms with van der Waals surface area (Å²) in [4.78, 5) is 16.3. The quantitative estimate of drug-likeness (QED) is 0.507. The van der Waals surface area contributed by atoms with Crippen LogP contribution in [0.5, 0.6) is 0 Å². The van der Waals surface area contributed by atoms with Crippen molar-refractivity contribution in [2.24, 2.45) is 0 Å². The molecule has 0 amide bonds. The predicted octanol–water partition coefficient (Wildman–Crippen LogP) is 5.53. The molecule has 0 radical (unpaired) electrons. The number of rotatable bonds is 2. The normalized spacial score (nSPS) is 12.6. The fourth-order valence-electron chi connectivity index (χ4n) is 3.07. The van der Waals surface area contributed by atoms with Gasteiger partial charge in [0, 0.05) is 11.5 Å². The van der Waals surface area contributed by atoms with Crippen molar-refractivity contribution < 1.29 is 0 Å². The van der Waals surface area contributed by atoms with Crippen LogP contribution in [0.25, 0.3) is 33.5 Å². The number of fused-ring (bicyclic) bond motifs is 2. The fourth-order valence-corrected chi connectivity index (χ4v) is 3.07. The lowest BCUT2D eigenvalue weighted by atomic mass is 9.87. The van der Waals surface area contributed by atoms with Gasteiger partial charge in [0.1, 0.15) is 11.6 Å². The van der Waals surface area contributed by atoms with Crippen molar-refractivity contribution in [3.63, 3.8) is 0 Å². The second kappa shape index (κ2) is 5.45. The van der Waals surface area contributed by atoms with Crippen molar-refractivity contribution in [3.8, 4) is 11.4 Å². The molecule has 4 rings (SSSR count). The van der Waals surface area contributed by atoms with Gasteiger partial charge in [0.25, 0.3) is 0 Å². The molecular weight excluding hydrogens is 308 g/mol. The Bertz CT molecular complexity index is 992. The SMILES string of the molecule is CC(C)c1nc2cc3nc(-c4ccc(C(C)(C)C)cc4)[nH]c3cc2[nH]1. The van der Waals surface area contributed by atoms with Crippen LogP contribution in [-0.4, -0.2) is 19.9 Å². The molecule has 0 atom stereocenters. The second-order valence-corrected chi connectivity index (χ2v) is 8.08. The van der Waals surface area contributed by atoms with Gasteiger partial charge in [-0.3, -0.25) is 0 Å². The summed E-state index contributed by atoms with van der Waals surface area (Å²) in [5.41, 5.74) is 6.58. The van der Waals surface area contributed by atoms with Crippen LogP contribution in [0.1, 0.15) is 51.9 Å². The summed E-state index contributed by atoms with van der Waals surface area (Å²) >= 11 is 0. The van der Waals surface area contributed by atoms with Gasteiger partial charge in [0.15, 0.2) is 0 Å². The van der Waals surface area contributed by atoms with Gasteiger partial charge in [-0.1, -0.05) is 58.9 Å². The van der Waals surface area contributed by atoms with Gasteiger partial charge in [0.2, 0.25) is 0 Å². The average molecular weight is 332 g/mol. The Kier molecular flexibility index (Phi) is 3.46. The van der Waals surface area contributed by atoms with E-state index in [1.54, 1.807) is 0 Å². The number of aromatic amines is 2. The van der Waals surface area contributed by atoms with Gasteiger partial charge < -0.3 is 9.97 Å². The summed E-state index contributed by atoms with van der Waals surface area (Å²) in [5.74, 6) is 2.29. The molecule has 4 aromatic rings. The van der Waals surface area contributed by atoms with Crippen LogP contribution in [0.2, 0.25) is 0 Å². The Morgan fingerprint density at radius 2 is 1.48 bits per heavy atom. The van der Waals surface area contributed by atoms with E-state index in [0.29, 0.717) is 5.92 Å². The van der Waals surface area contributed by atoms with Crippen LogP contribution in [0.4, 0.5) is 0 Å². The Morgan fingerprint density at radius 1 is 0.840 bits per heavy atom. The minimum absolute atomic E-state index is 0.158. The van der Waals surface area contributed by atoms with Crippen LogP contribution in [0.3, 0.4) is 0 Å².